The zero-order valence-electron chi connectivity index (χ0n) is 15.3. The maximum Gasteiger partial charge on any atom is 0.254 e. The number of carbonyl (C=O) groups excluding carboxylic acids is 3. The fourth-order valence-corrected chi connectivity index (χ4v) is 5.03. The summed E-state index contributed by atoms with van der Waals surface area (Å²) >= 11 is 9.55. The Morgan fingerprint density at radius 3 is 1.83 bits per heavy atom. The molecule has 0 spiro atoms. The fourth-order valence-electron chi connectivity index (χ4n) is 2.12. The Bertz CT molecular complexity index is 805. The minimum atomic E-state index is -1.21. The smallest absolute Gasteiger partial charge is 0.254 e. The van der Waals surface area contributed by atoms with Gasteiger partial charge in [-0.3, -0.25) is 14.4 Å². The van der Waals surface area contributed by atoms with Crippen LogP contribution in [-0.4, -0.2) is 88.4 Å². The van der Waals surface area contributed by atoms with Crippen LogP contribution in [0.15, 0.2) is 13.4 Å². The van der Waals surface area contributed by atoms with Crippen molar-refractivity contribution in [1.82, 2.24) is 10.6 Å². The molecular weight excluding hydrogens is 602 g/mol. The van der Waals surface area contributed by atoms with Gasteiger partial charge in [0.05, 0.1) is 57.7 Å². The van der Waals surface area contributed by atoms with Crippen LogP contribution in [0.2, 0.25) is 0 Å². The molecule has 0 radical (unpaired) electrons. The first kappa shape index (κ1) is 26.9. The van der Waals surface area contributed by atoms with Crippen molar-refractivity contribution in [3.05, 3.63) is 24.5 Å². The molecule has 1 atom stereocenters. The zero-order chi connectivity index (χ0) is 23.0. The van der Waals surface area contributed by atoms with Crippen LogP contribution in [0.5, 0.6) is 0 Å². The lowest BCUT2D eigenvalue weighted by Crippen LogP contribution is -2.40. The molecule has 0 saturated heterocycles. The fraction of sp³-hybridized carbons (Fsp3) is 0.438. The van der Waals surface area contributed by atoms with Crippen molar-refractivity contribution in [2.45, 2.75) is 12.1 Å². The largest absolute Gasteiger partial charge is 0.394 e. The van der Waals surface area contributed by atoms with E-state index < -0.39 is 56.3 Å². The molecule has 14 heteroatoms. The van der Waals surface area contributed by atoms with Gasteiger partial charge < -0.3 is 41.5 Å². The average molecular weight is 622 g/mol. The Morgan fingerprint density at radius 1 is 0.833 bits per heavy atom. The number of anilines is 1. The Hall–Kier alpha value is -1.13. The van der Waals surface area contributed by atoms with Gasteiger partial charge >= 0.3 is 0 Å². The molecular formula is C16H20Br3N3O8. The van der Waals surface area contributed by atoms with Gasteiger partial charge in [0.1, 0.15) is 6.61 Å². The predicted molar refractivity (Wildman–Crippen MR) is 116 cm³/mol. The highest BCUT2D eigenvalue weighted by Crippen LogP contribution is 2.42. The number of benzene rings is 1. The molecule has 1 aromatic carbocycles. The molecule has 0 heterocycles. The third-order valence-electron chi connectivity index (χ3n) is 3.66. The lowest BCUT2D eigenvalue weighted by atomic mass is 10.1. The van der Waals surface area contributed by atoms with E-state index in [9.17, 15) is 29.7 Å². The van der Waals surface area contributed by atoms with E-state index in [-0.39, 0.29) is 36.8 Å². The van der Waals surface area contributed by atoms with Gasteiger partial charge in [0, 0.05) is 11.0 Å². The first-order chi connectivity index (χ1) is 14.1. The Morgan fingerprint density at radius 2 is 1.37 bits per heavy atom. The number of hydrogen-bond acceptors (Lipinski definition) is 8. The third-order valence-corrected chi connectivity index (χ3v) is 6.04. The molecule has 1 aromatic rings. The van der Waals surface area contributed by atoms with Gasteiger partial charge in [-0.05, 0) is 47.8 Å². The molecule has 0 fully saturated rings. The SMILES string of the molecule is O=C(CO)Nc1c(Br)c(C(=O)NCC(O)CO)c(Br)c(C(=O)NC(CO)CO)c1Br. The maximum absolute atomic E-state index is 12.7. The third kappa shape index (κ3) is 6.68. The Labute approximate surface area is 196 Å². The van der Waals surface area contributed by atoms with E-state index in [1.165, 1.54) is 0 Å². The Balaban J connectivity index is 3.55. The monoisotopic (exact) mass is 619 g/mol. The van der Waals surface area contributed by atoms with Crippen molar-refractivity contribution in [2.24, 2.45) is 0 Å². The summed E-state index contributed by atoms with van der Waals surface area (Å²) in [7, 11) is 0. The normalized spacial score (nSPS) is 11.9. The summed E-state index contributed by atoms with van der Waals surface area (Å²) in [5.41, 5.74) is -0.322. The number of rotatable bonds is 10. The highest BCUT2D eigenvalue weighted by Gasteiger charge is 2.29. The van der Waals surface area contributed by atoms with Crippen LogP contribution in [0.3, 0.4) is 0 Å². The first-order valence-electron chi connectivity index (χ1n) is 8.33. The van der Waals surface area contributed by atoms with Crippen LogP contribution in [-0.2, 0) is 4.79 Å². The van der Waals surface area contributed by atoms with Gasteiger partial charge in [-0.1, -0.05) is 0 Å². The molecule has 1 unspecified atom stereocenters. The average Bonchev–Trinajstić information content (AvgIpc) is 2.72. The first-order valence-corrected chi connectivity index (χ1v) is 10.7. The Kier molecular flexibility index (Phi) is 11.4. The quantitative estimate of drug-likeness (QED) is 0.164. The summed E-state index contributed by atoms with van der Waals surface area (Å²) in [4.78, 5) is 37.1. The highest BCUT2D eigenvalue weighted by atomic mass is 79.9. The van der Waals surface area contributed by atoms with E-state index in [1.54, 1.807) is 0 Å². The highest BCUT2D eigenvalue weighted by molar-refractivity contribution is 9.11. The summed E-state index contributed by atoms with van der Waals surface area (Å²) in [5.74, 6) is -2.38. The minimum Gasteiger partial charge on any atom is -0.394 e. The van der Waals surface area contributed by atoms with Gasteiger partial charge in [0.15, 0.2) is 0 Å². The predicted octanol–water partition coefficient (Wildman–Crippen LogP) is -0.929. The van der Waals surface area contributed by atoms with Crippen LogP contribution in [0.25, 0.3) is 0 Å². The summed E-state index contributed by atoms with van der Waals surface area (Å²) in [6, 6.07) is -0.979. The molecule has 1 rings (SSSR count). The second kappa shape index (κ2) is 12.7. The van der Waals surface area contributed by atoms with Gasteiger partial charge in [-0.15, -0.1) is 0 Å². The molecule has 0 aliphatic rings. The van der Waals surface area contributed by atoms with Crippen molar-refractivity contribution in [2.75, 3.05) is 38.3 Å². The summed E-state index contributed by atoms with van der Waals surface area (Å²) in [5, 5.41) is 52.9. The lowest BCUT2D eigenvalue weighted by Gasteiger charge is -2.21. The molecule has 0 aliphatic heterocycles. The van der Waals surface area contributed by atoms with E-state index in [1.807, 2.05) is 0 Å². The number of hydrogen-bond donors (Lipinski definition) is 8. The van der Waals surface area contributed by atoms with Gasteiger partial charge in [-0.2, -0.15) is 0 Å². The number of aliphatic hydroxyl groups excluding tert-OH is 5. The van der Waals surface area contributed by atoms with Crippen LogP contribution < -0.4 is 16.0 Å². The standard InChI is InChI=1S/C16H20Br3N3O8/c17-11-9(15(29)20-1-7(27)4-25)12(18)14(22-8(28)5-26)13(19)10(11)16(30)21-6(2-23)3-24/h6-7,23-27H,1-5H2,(H,20,29)(H,21,30)(H,22,28). The van der Waals surface area contributed by atoms with E-state index >= 15 is 0 Å². The molecule has 0 aliphatic carbocycles. The molecule has 11 nitrogen and oxygen atoms in total. The molecule has 0 bridgehead atoms. The van der Waals surface area contributed by atoms with Crippen LogP contribution >= 0.6 is 47.8 Å². The van der Waals surface area contributed by atoms with E-state index in [0.717, 1.165) is 0 Å². The molecule has 3 amide bonds. The van der Waals surface area contributed by atoms with Crippen molar-refractivity contribution < 1.29 is 39.9 Å². The van der Waals surface area contributed by atoms with Crippen molar-refractivity contribution in [3.63, 3.8) is 0 Å². The number of aliphatic hydroxyl groups is 5. The van der Waals surface area contributed by atoms with Gasteiger partial charge in [-0.25, -0.2) is 0 Å². The van der Waals surface area contributed by atoms with Gasteiger partial charge in [0.25, 0.3) is 11.8 Å². The van der Waals surface area contributed by atoms with Crippen LogP contribution in [0, 0.1) is 0 Å². The summed E-state index contributed by atoms with van der Waals surface area (Å²) < 4.78 is 0.0879. The van der Waals surface area contributed by atoms with Crippen molar-refractivity contribution in [3.8, 4) is 0 Å². The minimum absolute atomic E-state index is 0.00800. The summed E-state index contributed by atoms with van der Waals surface area (Å²) in [6.07, 6.45) is -1.21. The van der Waals surface area contributed by atoms with E-state index in [4.69, 9.17) is 10.2 Å². The molecule has 0 aromatic heterocycles. The lowest BCUT2D eigenvalue weighted by molar-refractivity contribution is -0.118. The van der Waals surface area contributed by atoms with E-state index in [0.29, 0.717) is 0 Å². The number of carbonyl (C=O) groups is 3. The second-order valence-electron chi connectivity index (χ2n) is 5.86. The molecule has 30 heavy (non-hydrogen) atoms. The van der Waals surface area contributed by atoms with Crippen LogP contribution in [0.1, 0.15) is 20.7 Å². The van der Waals surface area contributed by atoms with Crippen molar-refractivity contribution >= 4 is 71.2 Å². The topological polar surface area (TPSA) is 188 Å². The molecule has 0 saturated carbocycles. The second-order valence-corrected chi connectivity index (χ2v) is 8.23. The molecule has 168 valence electrons. The van der Waals surface area contributed by atoms with Crippen molar-refractivity contribution in [1.29, 1.82) is 0 Å². The van der Waals surface area contributed by atoms with E-state index in [2.05, 4.69) is 63.7 Å². The molecule has 8 N–H and O–H groups in total. The maximum atomic E-state index is 12.7. The zero-order valence-corrected chi connectivity index (χ0v) is 20.0. The number of nitrogens with one attached hydrogen (secondary N) is 3. The van der Waals surface area contributed by atoms with Crippen LogP contribution in [0.4, 0.5) is 5.69 Å². The number of halogens is 3. The number of amides is 3. The summed E-state index contributed by atoms with van der Waals surface area (Å²) in [6.45, 7) is -2.83. The van der Waals surface area contributed by atoms with Gasteiger partial charge in [0.2, 0.25) is 5.91 Å².